The number of hydrogen-bond donors (Lipinski definition) is 0. The van der Waals surface area contributed by atoms with Crippen molar-refractivity contribution in [2.75, 3.05) is 0 Å². The van der Waals surface area contributed by atoms with Gasteiger partial charge in [-0.3, -0.25) is 13.8 Å². The maximum atomic E-state index is 11.9. The second kappa shape index (κ2) is 4.61. The first-order valence-electron chi connectivity index (χ1n) is 5.82. The maximum absolute atomic E-state index is 11.9. The highest BCUT2D eigenvalue weighted by Crippen LogP contribution is 2.02. The van der Waals surface area contributed by atoms with Gasteiger partial charge in [0.05, 0.1) is 6.20 Å². The van der Waals surface area contributed by atoms with E-state index in [4.69, 9.17) is 0 Å². The van der Waals surface area contributed by atoms with Gasteiger partial charge in [-0.05, 0) is 25.8 Å². The maximum Gasteiger partial charge on any atom is 0.328 e. The van der Waals surface area contributed by atoms with Crippen LogP contribution in [-0.4, -0.2) is 18.9 Å². The fourth-order valence-corrected chi connectivity index (χ4v) is 1.84. The molecule has 0 saturated carbocycles. The van der Waals surface area contributed by atoms with E-state index in [1.54, 1.807) is 13.8 Å². The van der Waals surface area contributed by atoms with Crippen molar-refractivity contribution in [1.82, 2.24) is 18.9 Å². The number of imidazole rings is 1. The highest BCUT2D eigenvalue weighted by atomic mass is 16.1. The van der Waals surface area contributed by atoms with Crippen molar-refractivity contribution in [1.29, 1.82) is 0 Å². The zero-order chi connectivity index (χ0) is 12.4. The van der Waals surface area contributed by atoms with Crippen LogP contribution in [0.15, 0.2) is 29.6 Å². The van der Waals surface area contributed by atoms with E-state index in [1.165, 1.54) is 0 Å². The van der Waals surface area contributed by atoms with E-state index < -0.39 is 0 Å². The third-order valence-electron chi connectivity index (χ3n) is 2.83. The van der Waals surface area contributed by atoms with Gasteiger partial charge in [-0.25, -0.2) is 4.79 Å². The molecule has 0 fully saturated rings. The molecule has 92 valence electrons. The second-order valence-electron chi connectivity index (χ2n) is 4.55. The van der Waals surface area contributed by atoms with Crippen LogP contribution in [0, 0.1) is 0 Å². The largest absolute Gasteiger partial charge is 0.328 e. The van der Waals surface area contributed by atoms with Gasteiger partial charge in [0.2, 0.25) is 0 Å². The zero-order valence-electron chi connectivity index (χ0n) is 10.5. The van der Waals surface area contributed by atoms with Gasteiger partial charge < -0.3 is 0 Å². The summed E-state index contributed by atoms with van der Waals surface area (Å²) in [5.74, 6) is 0. The molecule has 0 amide bonds. The van der Waals surface area contributed by atoms with Gasteiger partial charge in [0.15, 0.2) is 0 Å². The lowest BCUT2D eigenvalue weighted by molar-refractivity contribution is 0.550. The molecule has 2 aromatic heterocycles. The number of rotatable bonds is 4. The Bertz CT molecular complexity index is 547. The van der Waals surface area contributed by atoms with Crippen LogP contribution in [0.3, 0.4) is 0 Å². The van der Waals surface area contributed by atoms with Gasteiger partial charge in [-0.1, -0.05) is 0 Å². The first-order valence-corrected chi connectivity index (χ1v) is 5.82. The molecule has 0 atom stereocenters. The first kappa shape index (κ1) is 11.7. The molecule has 0 bridgehead atoms. The molecule has 0 aromatic carbocycles. The molecule has 0 unspecified atom stereocenters. The summed E-state index contributed by atoms with van der Waals surface area (Å²) in [7, 11) is 1.89. The molecular formula is C12H18N4O. The van der Waals surface area contributed by atoms with Crippen LogP contribution in [-0.2, 0) is 20.0 Å². The van der Waals surface area contributed by atoms with E-state index >= 15 is 0 Å². The van der Waals surface area contributed by atoms with Gasteiger partial charge in [-0.15, -0.1) is 0 Å². The summed E-state index contributed by atoms with van der Waals surface area (Å²) in [5.41, 5.74) is 1.21. The van der Waals surface area contributed by atoms with Crippen LogP contribution in [0.4, 0.5) is 0 Å². The molecular weight excluding hydrogens is 216 g/mol. The van der Waals surface area contributed by atoms with Gasteiger partial charge in [0, 0.05) is 38.2 Å². The predicted molar refractivity (Wildman–Crippen MR) is 66.0 cm³/mol. The van der Waals surface area contributed by atoms with Crippen LogP contribution < -0.4 is 5.69 Å². The average Bonchev–Trinajstić information content (AvgIpc) is 2.82. The predicted octanol–water partition coefficient (Wildman–Crippen LogP) is 1.21. The van der Waals surface area contributed by atoms with Crippen molar-refractivity contribution in [2.24, 2.45) is 7.05 Å². The van der Waals surface area contributed by atoms with E-state index in [0.29, 0.717) is 6.54 Å². The quantitative estimate of drug-likeness (QED) is 0.798. The highest BCUT2D eigenvalue weighted by Gasteiger charge is 2.06. The number of aryl methyl sites for hydroxylation is 3. The normalized spacial score (nSPS) is 11.3. The minimum absolute atomic E-state index is 0.0592. The number of nitrogens with zero attached hydrogens (tertiary/aromatic N) is 4. The minimum Gasteiger partial charge on any atom is -0.299 e. The topological polar surface area (TPSA) is 44.8 Å². The molecule has 2 aromatic rings. The molecule has 0 saturated heterocycles. The molecule has 0 spiro atoms. The Morgan fingerprint density at radius 3 is 2.65 bits per heavy atom. The van der Waals surface area contributed by atoms with Crippen LogP contribution in [0.5, 0.6) is 0 Å². The summed E-state index contributed by atoms with van der Waals surface area (Å²) in [5, 5.41) is 4.11. The fourth-order valence-electron chi connectivity index (χ4n) is 1.84. The van der Waals surface area contributed by atoms with Gasteiger partial charge in [0.25, 0.3) is 0 Å². The molecule has 2 rings (SSSR count). The molecule has 0 aliphatic heterocycles. The fraction of sp³-hybridized carbons (Fsp3) is 0.500. The molecule has 2 heterocycles. The molecule has 17 heavy (non-hydrogen) atoms. The summed E-state index contributed by atoms with van der Waals surface area (Å²) in [4.78, 5) is 11.9. The molecule has 0 radical (unpaired) electrons. The van der Waals surface area contributed by atoms with Crippen molar-refractivity contribution in [2.45, 2.75) is 32.9 Å². The molecule has 0 aliphatic carbocycles. The SMILES string of the molecule is CC(C)n1ccn(CCc2cnn(C)c2)c1=O. The van der Waals surface area contributed by atoms with E-state index in [1.807, 2.05) is 45.7 Å². The van der Waals surface area contributed by atoms with E-state index in [-0.39, 0.29) is 11.7 Å². The van der Waals surface area contributed by atoms with Gasteiger partial charge in [0.1, 0.15) is 0 Å². The lowest BCUT2D eigenvalue weighted by atomic mass is 10.2. The molecule has 0 N–H and O–H groups in total. The zero-order valence-corrected chi connectivity index (χ0v) is 10.5. The monoisotopic (exact) mass is 234 g/mol. The lowest BCUT2D eigenvalue weighted by Gasteiger charge is -2.04. The summed E-state index contributed by atoms with van der Waals surface area (Å²) in [6.07, 6.45) is 8.33. The molecule has 5 heteroatoms. The summed E-state index contributed by atoms with van der Waals surface area (Å²) in [6, 6.07) is 0.210. The van der Waals surface area contributed by atoms with E-state index in [0.717, 1.165) is 12.0 Å². The third-order valence-corrected chi connectivity index (χ3v) is 2.83. The Morgan fingerprint density at radius 2 is 2.12 bits per heavy atom. The van der Waals surface area contributed by atoms with E-state index in [2.05, 4.69) is 5.10 Å². The number of hydrogen-bond acceptors (Lipinski definition) is 2. The van der Waals surface area contributed by atoms with Gasteiger partial charge >= 0.3 is 5.69 Å². The van der Waals surface area contributed by atoms with Crippen molar-refractivity contribution in [3.8, 4) is 0 Å². The first-order chi connectivity index (χ1) is 8.08. The van der Waals surface area contributed by atoms with Crippen molar-refractivity contribution >= 4 is 0 Å². The average molecular weight is 234 g/mol. The summed E-state index contributed by atoms with van der Waals surface area (Å²) >= 11 is 0. The van der Waals surface area contributed by atoms with Crippen molar-refractivity contribution in [3.63, 3.8) is 0 Å². The molecule has 0 aliphatic rings. The second-order valence-corrected chi connectivity index (χ2v) is 4.55. The van der Waals surface area contributed by atoms with Crippen molar-refractivity contribution in [3.05, 3.63) is 40.8 Å². The van der Waals surface area contributed by atoms with Crippen molar-refractivity contribution < 1.29 is 0 Å². The Hall–Kier alpha value is -1.78. The summed E-state index contributed by atoms with van der Waals surface area (Å²) < 4.78 is 5.26. The number of aromatic nitrogens is 4. The van der Waals surface area contributed by atoms with Gasteiger partial charge in [-0.2, -0.15) is 5.10 Å². The Balaban J connectivity index is 2.07. The Morgan fingerprint density at radius 1 is 1.35 bits per heavy atom. The standard InChI is InChI=1S/C12H18N4O/c1-10(2)16-7-6-15(12(16)17)5-4-11-8-13-14(3)9-11/h6-10H,4-5H2,1-3H3. The van der Waals surface area contributed by atoms with Crippen LogP contribution in [0.25, 0.3) is 0 Å². The van der Waals surface area contributed by atoms with Crippen LogP contribution in [0.2, 0.25) is 0 Å². The van der Waals surface area contributed by atoms with E-state index in [9.17, 15) is 4.79 Å². The Labute approximate surface area is 100 Å². The third kappa shape index (κ3) is 2.49. The Kier molecular flexibility index (Phi) is 3.17. The highest BCUT2D eigenvalue weighted by molar-refractivity contribution is 5.03. The minimum atomic E-state index is 0.0592. The molecule has 5 nitrogen and oxygen atoms in total. The smallest absolute Gasteiger partial charge is 0.299 e. The van der Waals surface area contributed by atoms with Crippen LogP contribution >= 0.6 is 0 Å². The van der Waals surface area contributed by atoms with Crippen LogP contribution in [0.1, 0.15) is 25.5 Å². The lowest BCUT2D eigenvalue weighted by Crippen LogP contribution is -2.25. The summed E-state index contributed by atoms with van der Waals surface area (Å²) in [6.45, 7) is 4.71.